The van der Waals surface area contributed by atoms with Gasteiger partial charge in [0.05, 0.1) is 0 Å². The van der Waals surface area contributed by atoms with E-state index < -0.39 is 0 Å². The molecular weight excluding hydrogens is 265 g/mol. The summed E-state index contributed by atoms with van der Waals surface area (Å²) in [4.78, 5) is 3.58. The molecule has 2 rings (SSSR count). The van der Waals surface area contributed by atoms with Crippen molar-refractivity contribution >= 4 is 19.4 Å². The first-order valence-corrected chi connectivity index (χ1v) is 7.50. The Morgan fingerprint density at radius 2 is 1.94 bits per heavy atom. The molecule has 1 aliphatic carbocycles. The van der Waals surface area contributed by atoms with Gasteiger partial charge in [0.1, 0.15) is 0 Å². The van der Waals surface area contributed by atoms with Gasteiger partial charge in [-0.2, -0.15) is 0 Å². The molecule has 0 radical (unpaired) electrons. The van der Waals surface area contributed by atoms with Crippen molar-refractivity contribution in [2.24, 2.45) is 5.11 Å². The Labute approximate surface area is 102 Å². The average Bonchev–Trinajstić information content (AvgIpc) is 2.33. The molecule has 16 heavy (non-hydrogen) atoms. The first kappa shape index (κ1) is 11.5. The molecule has 1 fully saturated rings. The maximum absolute atomic E-state index is 8.57. The van der Waals surface area contributed by atoms with Gasteiger partial charge in [0.25, 0.3) is 0 Å². The molecule has 0 spiro atoms. The van der Waals surface area contributed by atoms with Crippen LogP contribution in [0.1, 0.15) is 25.7 Å². The molecule has 0 heterocycles. The second-order valence-electron chi connectivity index (χ2n) is 4.03. The summed E-state index contributed by atoms with van der Waals surface area (Å²) in [5.41, 5.74) is 8.57. The van der Waals surface area contributed by atoms with E-state index in [2.05, 4.69) is 34.3 Å². The molecule has 0 aliphatic heterocycles. The van der Waals surface area contributed by atoms with Gasteiger partial charge in [-0.05, 0) is 0 Å². The Bertz CT molecular complexity index is 373. The summed E-state index contributed by atoms with van der Waals surface area (Å²) >= 11 is 0.445. The van der Waals surface area contributed by atoms with Crippen LogP contribution in [-0.4, -0.2) is 21.0 Å². The van der Waals surface area contributed by atoms with Crippen molar-refractivity contribution in [3.05, 3.63) is 40.8 Å². The van der Waals surface area contributed by atoms with E-state index >= 15 is 0 Å². The van der Waals surface area contributed by atoms with Crippen LogP contribution in [0, 0.1) is 0 Å². The zero-order valence-electron chi connectivity index (χ0n) is 9.12. The molecule has 4 heteroatoms. The van der Waals surface area contributed by atoms with Crippen molar-refractivity contribution in [2.75, 3.05) is 0 Å². The van der Waals surface area contributed by atoms with Gasteiger partial charge in [0.15, 0.2) is 0 Å². The van der Waals surface area contributed by atoms with Gasteiger partial charge < -0.3 is 0 Å². The van der Waals surface area contributed by atoms with Crippen LogP contribution < -0.4 is 4.46 Å². The van der Waals surface area contributed by atoms with Crippen molar-refractivity contribution in [1.29, 1.82) is 0 Å². The third-order valence-corrected chi connectivity index (χ3v) is 5.83. The van der Waals surface area contributed by atoms with Crippen LogP contribution in [-0.2, 0) is 0 Å². The van der Waals surface area contributed by atoms with E-state index in [4.69, 9.17) is 5.53 Å². The fraction of sp³-hybridized carbons (Fsp3) is 0.500. The minimum absolute atomic E-state index is 0.235. The molecule has 0 bridgehead atoms. The third kappa shape index (κ3) is 3.02. The molecular formula is C12H15N3Se. The summed E-state index contributed by atoms with van der Waals surface area (Å²) in [5.74, 6) is 0. The Balaban J connectivity index is 2.04. The summed E-state index contributed by atoms with van der Waals surface area (Å²) in [7, 11) is 0. The standard InChI is InChI=1S/C12H15N3Se/c13-15-14-11-8-4-5-9-12(11)16-10-6-2-1-3-7-10/h1-3,6-7,11-12H,4-5,8-9H2/t11-,12-/m0/s1. The number of benzene rings is 1. The molecule has 0 amide bonds. The van der Waals surface area contributed by atoms with Gasteiger partial charge >= 0.3 is 102 Å². The number of nitrogens with zero attached hydrogens (tertiary/aromatic N) is 3. The van der Waals surface area contributed by atoms with Gasteiger partial charge in [-0.3, -0.25) is 0 Å². The Kier molecular flexibility index (Phi) is 4.29. The quantitative estimate of drug-likeness (QED) is 0.353. The van der Waals surface area contributed by atoms with Crippen LogP contribution >= 0.6 is 0 Å². The zero-order chi connectivity index (χ0) is 11.2. The van der Waals surface area contributed by atoms with Gasteiger partial charge in [-0.25, -0.2) is 0 Å². The summed E-state index contributed by atoms with van der Waals surface area (Å²) in [6.07, 6.45) is 4.80. The molecule has 2 atom stereocenters. The van der Waals surface area contributed by atoms with Gasteiger partial charge in [0, 0.05) is 0 Å². The van der Waals surface area contributed by atoms with Crippen molar-refractivity contribution in [3.8, 4) is 0 Å². The normalized spacial score (nSPS) is 24.8. The summed E-state index contributed by atoms with van der Waals surface area (Å²) in [6.45, 7) is 0. The maximum atomic E-state index is 8.57. The molecule has 1 saturated carbocycles. The van der Waals surface area contributed by atoms with Crippen LogP contribution in [0.3, 0.4) is 0 Å². The summed E-state index contributed by atoms with van der Waals surface area (Å²) in [5, 5.41) is 3.96. The number of rotatable bonds is 3. The number of azide groups is 1. The summed E-state index contributed by atoms with van der Waals surface area (Å²) < 4.78 is 1.42. The van der Waals surface area contributed by atoms with Crippen molar-refractivity contribution < 1.29 is 0 Å². The Morgan fingerprint density at radius 3 is 2.69 bits per heavy atom. The molecule has 84 valence electrons. The van der Waals surface area contributed by atoms with Crippen LogP contribution in [0.4, 0.5) is 0 Å². The number of hydrogen-bond acceptors (Lipinski definition) is 1. The van der Waals surface area contributed by atoms with Crippen LogP contribution in [0.15, 0.2) is 35.4 Å². The van der Waals surface area contributed by atoms with Crippen LogP contribution in [0.2, 0.25) is 4.82 Å². The van der Waals surface area contributed by atoms with Gasteiger partial charge in [0.2, 0.25) is 0 Å². The van der Waals surface area contributed by atoms with Gasteiger partial charge in [-0.1, -0.05) is 0 Å². The first-order valence-electron chi connectivity index (χ1n) is 5.66. The predicted molar refractivity (Wildman–Crippen MR) is 67.0 cm³/mol. The van der Waals surface area contributed by atoms with Crippen molar-refractivity contribution in [2.45, 2.75) is 36.5 Å². The first-order chi connectivity index (χ1) is 7.90. The van der Waals surface area contributed by atoms with Crippen molar-refractivity contribution in [3.63, 3.8) is 0 Å². The molecule has 0 N–H and O–H groups in total. The van der Waals surface area contributed by atoms with E-state index in [-0.39, 0.29) is 6.04 Å². The van der Waals surface area contributed by atoms with E-state index in [0.29, 0.717) is 19.8 Å². The van der Waals surface area contributed by atoms with Crippen LogP contribution in [0.25, 0.3) is 10.4 Å². The van der Waals surface area contributed by atoms with Crippen molar-refractivity contribution in [1.82, 2.24) is 0 Å². The molecule has 0 saturated heterocycles. The van der Waals surface area contributed by atoms with E-state index in [1.54, 1.807) is 0 Å². The molecule has 0 unspecified atom stereocenters. The average molecular weight is 280 g/mol. The van der Waals surface area contributed by atoms with Gasteiger partial charge in [-0.15, -0.1) is 0 Å². The molecule has 3 nitrogen and oxygen atoms in total. The van der Waals surface area contributed by atoms with E-state index in [0.717, 1.165) is 6.42 Å². The fourth-order valence-corrected chi connectivity index (χ4v) is 4.81. The van der Waals surface area contributed by atoms with Crippen LogP contribution in [0.5, 0.6) is 0 Å². The Morgan fingerprint density at radius 1 is 1.19 bits per heavy atom. The molecule has 1 aromatic rings. The topological polar surface area (TPSA) is 48.8 Å². The monoisotopic (exact) mass is 281 g/mol. The molecule has 0 aromatic heterocycles. The minimum atomic E-state index is 0.235. The second kappa shape index (κ2) is 5.95. The molecule has 1 aromatic carbocycles. The second-order valence-corrected chi connectivity index (χ2v) is 6.78. The SMILES string of the molecule is [N-]=[N+]=N[C@H]1CCCC[C@@H]1[Se]c1ccccc1. The zero-order valence-corrected chi connectivity index (χ0v) is 10.8. The number of hydrogen-bond donors (Lipinski definition) is 0. The van der Waals surface area contributed by atoms with E-state index in [1.165, 1.54) is 23.7 Å². The summed E-state index contributed by atoms with van der Waals surface area (Å²) in [6, 6.07) is 10.8. The third-order valence-electron chi connectivity index (χ3n) is 2.90. The van der Waals surface area contributed by atoms with E-state index in [1.807, 2.05) is 6.07 Å². The van der Waals surface area contributed by atoms with E-state index in [9.17, 15) is 0 Å². The Hall–Kier alpha value is -0.951. The molecule has 1 aliphatic rings. The predicted octanol–water partition coefficient (Wildman–Crippen LogP) is 3.06. The fourth-order valence-electron chi connectivity index (χ4n) is 2.09.